The molecule has 1 saturated heterocycles. The molecule has 110 valence electrons. The first-order valence-electron chi connectivity index (χ1n) is 6.59. The number of carbonyl (C=O) groups is 1. The van der Waals surface area contributed by atoms with Crippen molar-refractivity contribution in [1.29, 1.82) is 0 Å². The molecule has 1 amide bonds. The lowest BCUT2D eigenvalue weighted by Gasteiger charge is -2.56. The largest absolute Gasteiger partial charge is 0.444 e. The Kier molecular flexibility index (Phi) is 3.28. The van der Waals surface area contributed by atoms with Gasteiger partial charge in [-0.3, -0.25) is 0 Å². The van der Waals surface area contributed by atoms with Gasteiger partial charge in [0, 0.05) is 19.5 Å². The summed E-state index contributed by atoms with van der Waals surface area (Å²) in [6.07, 6.45) is -1.36. The van der Waals surface area contributed by atoms with E-state index in [2.05, 4.69) is 0 Å². The molecule has 4 nitrogen and oxygen atoms in total. The Balaban J connectivity index is 1.96. The Morgan fingerprint density at radius 2 is 1.95 bits per heavy atom. The molecule has 0 aromatic heterocycles. The van der Waals surface area contributed by atoms with Crippen LogP contribution < -0.4 is 0 Å². The van der Waals surface area contributed by atoms with Gasteiger partial charge in [-0.2, -0.15) is 0 Å². The number of aliphatic hydroxyl groups is 1. The van der Waals surface area contributed by atoms with Crippen LogP contribution in [0.15, 0.2) is 0 Å². The second kappa shape index (κ2) is 4.30. The van der Waals surface area contributed by atoms with Crippen molar-refractivity contribution in [3.63, 3.8) is 0 Å². The summed E-state index contributed by atoms with van der Waals surface area (Å²) in [5, 5.41) is 9.34. The molecule has 1 aliphatic carbocycles. The minimum Gasteiger partial charge on any atom is -0.444 e. The molecule has 0 bridgehead atoms. The molecule has 1 aliphatic heterocycles. The van der Waals surface area contributed by atoms with Crippen molar-refractivity contribution >= 4 is 6.09 Å². The number of halogens is 2. The van der Waals surface area contributed by atoms with Gasteiger partial charge in [0.2, 0.25) is 0 Å². The Labute approximate surface area is 111 Å². The van der Waals surface area contributed by atoms with E-state index in [1.54, 1.807) is 20.8 Å². The summed E-state index contributed by atoms with van der Waals surface area (Å²) in [7, 11) is 0. The number of alkyl halides is 2. The van der Waals surface area contributed by atoms with E-state index in [1.807, 2.05) is 0 Å². The molecule has 19 heavy (non-hydrogen) atoms. The van der Waals surface area contributed by atoms with Gasteiger partial charge in [0.15, 0.2) is 0 Å². The number of nitrogens with zero attached hydrogens (tertiary/aromatic N) is 1. The smallest absolute Gasteiger partial charge is 0.410 e. The van der Waals surface area contributed by atoms with Gasteiger partial charge < -0.3 is 14.7 Å². The van der Waals surface area contributed by atoms with Gasteiger partial charge in [0.25, 0.3) is 5.92 Å². The lowest BCUT2D eigenvalue weighted by molar-refractivity contribution is -0.223. The average molecular weight is 277 g/mol. The SMILES string of the molecule is CC(C)(C)OC(=O)N1CC2(CCC(O)CC2(F)F)C1. The van der Waals surface area contributed by atoms with Crippen molar-refractivity contribution in [3.8, 4) is 0 Å². The fourth-order valence-corrected chi connectivity index (χ4v) is 2.77. The maximum atomic E-state index is 14.0. The number of likely N-dealkylation sites (tertiary alicyclic amines) is 1. The highest BCUT2D eigenvalue weighted by atomic mass is 19.3. The molecule has 0 aromatic rings. The van der Waals surface area contributed by atoms with E-state index in [0.29, 0.717) is 6.42 Å². The van der Waals surface area contributed by atoms with Crippen molar-refractivity contribution in [1.82, 2.24) is 4.90 Å². The first-order chi connectivity index (χ1) is 8.55. The molecule has 0 aromatic carbocycles. The summed E-state index contributed by atoms with van der Waals surface area (Å²) < 4.78 is 33.1. The molecule has 6 heteroatoms. The molecule has 1 N–H and O–H groups in total. The van der Waals surface area contributed by atoms with E-state index in [0.717, 1.165) is 0 Å². The second-order valence-electron chi connectivity index (χ2n) is 6.72. The minimum absolute atomic E-state index is 0.0155. The van der Waals surface area contributed by atoms with Crippen LogP contribution in [0.4, 0.5) is 13.6 Å². The number of ether oxygens (including phenoxy) is 1. The Bertz CT molecular complexity index is 373. The summed E-state index contributed by atoms with van der Waals surface area (Å²) in [6, 6.07) is 0. The Morgan fingerprint density at radius 3 is 2.42 bits per heavy atom. The van der Waals surface area contributed by atoms with Crippen LogP contribution in [0.3, 0.4) is 0 Å². The average Bonchev–Trinajstić information content (AvgIpc) is 2.09. The normalized spacial score (nSPS) is 28.9. The van der Waals surface area contributed by atoms with Crippen LogP contribution in [-0.4, -0.2) is 46.8 Å². The summed E-state index contributed by atoms with van der Waals surface area (Å²) in [6.45, 7) is 5.26. The minimum atomic E-state index is -2.91. The van der Waals surface area contributed by atoms with Crippen LogP contribution in [0.5, 0.6) is 0 Å². The highest BCUT2D eigenvalue weighted by Crippen LogP contribution is 2.53. The molecule has 1 spiro atoms. The van der Waals surface area contributed by atoms with E-state index < -0.39 is 35.6 Å². The molecule has 2 fully saturated rings. The van der Waals surface area contributed by atoms with Gasteiger partial charge >= 0.3 is 6.09 Å². The van der Waals surface area contributed by atoms with Gasteiger partial charge in [-0.25, -0.2) is 13.6 Å². The number of hydrogen-bond acceptors (Lipinski definition) is 3. The standard InChI is InChI=1S/C13H21F2NO3/c1-11(2,3)19-10(18)16-7-12(8-16)5-4-9(17)6-13(12,14)15/h9,17H,4-8H2,1-3H3. The first-order valence-corrected chi connectivity index (χ1v) is 6.59. The van der Waals surface area contributed by atoms with Crippen molar-refractivity contribution < 1.29 is 23.4 Å². The van der Waals surface area contributed by atoms with Crippen LogP contribution in [0.2, 0.25) is 0 Å². The number of amides is 1. The fourth-order valence-electron chi connectivity index (χ4n) is 2.77. The third-order valence-electron chi connectivity index (χ3n) is 3.86. The van der Waals surface area contributed by atoms with Crippen molar-refractivity contribution in [2.24, 2.45) is 5.41 Å². The third-order valence-corrected chi connectivity index (χ3v) is 3.86. The van der Waals surface area contributed by atoms with E-state index in [1.165, 1.54) is 4.90 Å². The molecule has 0 radical (unpaired) electrons. The van der Waals surface area contributed by atoms with E-state index >= 15 is 0 Å². The van der Waals surface area contributed by atoms with Crippen molar-refractivity contribution in [3.05, 3.63) is 0 Å². The maximum absolute atomic E-state index is 14.0. The van der Waals surface area contributed by atoms with Crippen molar-refractivity contribution in [2.45, 2.75) is 57.7 Å². The first kappa shape index (κ1) is 14.5. The maximum Gasteiger partial charge on any atom is 0.410 e. The second-order valence-corrected chi connectivity index (χ2v) is 6.72. The van der Waals surface area contributed by atoms with Crippen LogP contribution >= 0.6 is 0 Å². The van der Waals surface area contributed by atoms with E-state index in [4.69, 9.17) is 4.74 Å². The molecule has 1 atom stereocenters. The lowest BCUT2D eigenvalue weighted by Crippen LogP contribution is -2.68. The monoisotopic (exact) mass is 277 g/mol. The zero-order valence-corrected chi connectivity index (χ0v) is 11.6. The molecule has 1 unspecified atom stereocenters. The molecule has 2 aliphatic rings. The molecule has 2 rings (SSSR count). The van der Waals surface area contributed by atoms with Crippen LogP contribution in [-0.2, 0) is 4.74 Å². The third kappa shape index (κ3) is 2.68. The van der Waals surface area contributed by atoms with Gasteiger partial charge in [-0.15, -0.1) is 0 Å². The lowest BCUT2D eigenvalue weighted by atomic mass is 9.65. The Morgan fingerprint density at radius 1 is 1.37 bits per heavy atom. The summed E-state index contributed by atoms with van der Waals surface area (Å²) in [5.74, 6) is -2.91. The molecule has 1 saturated carbocycles. The van der Waals surface area contributed by atoms with Gasteiger partial charge in [0.05, 0.1) is 11.5 Å². The van der Waals surface area contributed by atoms with Crippen LogP contribution in [0.1, 0.15) is 40.0 Å². The fraction of sp³-hybridized carbons (Fsp3) is 0.923. The topological polar surface area (TPSA) is 49.8 Å². The van der Waals surface area contributed by atoms with Gasteiger partial charge in [-0.05, 0) is 33.6 Å². The Hall–Kier alpha value is -0.910. The predicted molar refractivity (Wildman–Crippen MR) is 65.0 cm³/mol. The summed E-state index contributed by atoms with van der Waals surface area (Å²) in [4.78, 5) is 13.1. The van der Waals surface area contributed by atoms with Crippen LogP contribution in [0, 0.1) is 5.41 Å². The summed E-state index contributed by atoms with van der Waals surface area (Å²) in [5.41, 5.74) is -1.78. The number of carbonyl (C=O) groups excluding carboxylic acids is 1. The number of hydrogen-bond donors (Lipinski definition) is 1. The van der Waals surface area contributed by atoms with Crippen LogP contribution in [0.25, 0.3) is 0 Å². The molecular weight excluding hydrogens is 256 g/mol. The zero-order valence-electron chi connectivity index (χ0n) is 11.6. The van der Waals surface area contributed by atoms with E-state index in [-0.39, 0.29) is 19.5 Å². The van der Waals surface area contributed by atoms with Gasteiger partial charge in [0.1, 0.15) is 5.60 Å². The molecule has 1 heterocycles. The number of rotatable bonds is 0. The molecular formula is C13H21F2NO3. The number of aliphatic hydroxyl groups excluding tert-OH is 1. The van der Waals surface area contributed by atoms with E-state index in [9.17, 15) is 18.7 Å². The van der Waals surface area contributed by atoms with Crippen molar-refractivity contribution in [2.75, 3.05) is 13.1 Å². The quantitative estimate of drug-likeness (QED) is 0.739. The van der Waals surface area contributed by atoms with Gasteiger partial charge in [-0.1, -0.05) is 0 Å². The highest BCUT2D eigenvalue weighted by molar-refractivity contribution is 5.69. The predicted octanol–water partition coefficient (Wildman–Crippen LogP) is 2.40. The zero-order chi connectivity index (χ0) is 14.5. The summed E-state index contributed by atoms with van der Waals surface area (Å²) >= 11 is 0. The highest BCUT2D eigenvalue weighted by Gasteiger charge is 2.63.